The number of rotatable bonds is 5. The van der Waals surface area contributed by atoms with E-state index in [1.165, 1.54) is 5.56 Å². The van der Waals surface area contributed by atoms with Crippen molar-refractivity contribution in [1.82, 2.24) is 4.90 Å². The van der Waals surface area contributed by atoms with Crippen LogP contribution in [0.4, 0.5) is 0 Å². The van der Waals surface area contributed by atoms with E-state index in [1.807, 2.05) is 12.1 Å². The van der Waals surface area contributed by atoms with Crippen LogP contribution in [0.25, 0.3) is 0 Å². The van der Waals surface area contributed by atoms with Crippen molar-refractivity contribution < 1.29 is 4.74 Å². The standard InChI is InChI=1S/C14H19ClN2OS/c1-9(2)17(8-13(16)19)7-11-6-12(15)5-10-3-4-18-14(10)11/h5-6,9H,3-4,7-8H2,1-2H3,(H2,16,19). The summed E-state index contributed by atoms with van der Waals surface area (Å²) in [6.07, 6.45) is 0.930. The maximum atomic E-state index is 6.17. The summed E-state index contributed by atoms with van der Waals surface area (Å²) < 4.78 is 5.72. The molecule has 0 saturated carbocycles. The molecular weight excluding hydrogens is 280 g/mol. The molecule has 0 amide bonds. The predicted octanol–water partition coefficient (Wildman–Crippen LogP) is 2.77. The van der Waals surface area contributed by atoms with E-state index in [-0.39, 0.29) is 0 Å². The van der Waals surface area contributed by atoms with Gasteiger partial charge in [-0.1, -0.05) is 23.8 Å². The van der Waals surface area contributed by atoms with Crippen molar-refractivity contribution in [3.8, 4) is 5.75 Å². The van der Waals surface area contributed by atoms with Gasteiger partial charge in [0.1, 0.15) is 5.75 Å². The summed E-state index contributed by atoms with van der Waals surface area (Å²) in [5.41, 5.74) is 7.97. The van der Waals surface area contributed by atoms with Gasteiger partial charge in [-0.3, -0.25) is 4.90 Å². The zero-order chi connectivity index (χ0) is 14.0. The second kappa shape index (κ2) is 6.07. The molecule has 0 aromatic heterocycles. The minimum Gasteiger partial charge on any atom is -0.493 e. The molecule has 0 bridgehead atoms. The van der Waals surface area contributed by atoms with Gasteiger partial charge < -0.3 is 10.5 Å². The SMILES string of the molecule is CC(C)N(CC(N)=S)Cc1cc(Cl)cc2c1OCC2. The number of nitrogens with two attached hydrogens (primary N) is 1. The Bertz CT molecular complexity index is 491. The van der Waals surface area contributed by atoms with E-state index in [9.17, 15) is 0 Å². The molecule has 0 radical (unpaired) electrons. The molecule has 1 heterocycles. The van der Waals surface area contributed by atoms with Gasteiger partial charge in [0.15, 0.2) is 0 Å². The van der Waals surface area contributed by atoms with Gasteiger partial charge in [0.25, 0.3) is 0 Å². The molecule has 3 nitrogen and oxygen atoms in total. The fourth-order valence-corrected chi connectivity index (χ4v) is 2.73. The second-order valence-electron chi connectivity index (χ2n) is 5.12. The van der Waals surface area contributed by atoms with Crippen LogP contribution in [0.15, 0.2) is 12.1 Å². The molecule has 104 valence electrons. The highest BCUT2D eigenvalue weighted by atomic mass is 35.5. The van der Waals surface area contributed by atoms with Gasteiger partial charge in [-0.05, 0) is 31.5 Å². The number of thiocarbonyl (C=S) groups is 1. The minimum absolute atomic E-state index is 0.359. The van der Waals surface area contributed by atoms with Crippen LogP contribution in [0.2, 0.25) is 5.02 Å². The Hall–Kier alpha value is -0.840. The first-order chi connectivity index (χ1) is 8.97. The average molecular weight is 299 g/mol. The lowest BCUT2D eigenvalue weighted by molar-refractivity contribution is 0.240. The van der Waals surface area contributed by atoms with Gasteiger partial charge in [-0.15, -0.1) is 0 Å². The Kier molecular flexibility index (Phi) is 4.66. The molecular formula is C14H19ClN2OS. The van der Waals surface area contributed by atoms with E-state index in [4.69, 9.17) is 34.3 Å². The van der Waals surface area contributed by atoms with E-state index in [2.05, 4.69) is 18.7 Å². The highest BCUT2D eigenvalue weighted by Crippen LogP contribution is 2.33. The van der Waals surface area contributed by atoms with Crippen LogP contribution in [0.3, 0.4) is 0 Å². The van der Waals surface area contributed by atoms with Crippen molar-refractivity contribution in [1.29, 1.82) is 0 Å². The van der Waals surface area contributed by atoms with Gasteiger partial charge in [0.05, 0.1) is 11.6 Å². The van der Waals surface area contributed by atoms with Crippen LogP contribution in [0, 0.1) is 0 Å². The monoisotopic (exact) mass is 298 g/mol. The molecule has 0 aliphatic carbocycles. The third kappa shape index (κ3) is 3.59. The first-order valence-corrected chi connectivity index (χ1v) is 7.22. The van der Waals surface area contributed by atoms with Crippen LogP contribution in [-0.2, 0) is 13.0 Å². The van der Waals surface area contributed by atoms with Gasteiger partial charge in [0.2, 0.25) is 0 Å². The summed E-state index contributed by atoms with van der Waals surface area (Å²) >= 11 is 11.2. The molecule has 1 aliphatic heterocycles. The van der Waals surface area contributed by atoms with E-state index < -0.39 is 0 Å². The summed E-state index contributed by atoms with van der Waals surface area (Å²) in [6, 6.07) is 4.32. The molecule has 0 atom stereocenters. The largest absolute Gasteiger partial charge is 0.493 e. The van der Waals surface area contributed by atoms with E-state index in [1.54, 1.807) is 0 Å². The smallest absolute Gasteiger partial charge is 0.127 e. The van der Waals surface area contributed by atoms with Crippen molar-refractivity contribution in [2.45, 2.75) is 32.9 Å². The third-order valence-corrected chi connectivity index (χ3v) is 3.64. The van der Waals surface area contributed by atoms with E-state index >= 15 is 0 Å². The second-order valence-corrected chi connectivity index (χ2v) is 6.08. The first-order valence-electron chi connectivity index (χ1n) is 6.44. The first kappa shape index (κ1) is 14.6. The maximum absolute atomic E-state index is 6.17. The number of benzene rings is 1. The molecule has 0 spiro atoms. The quantitative estimate of drug-likeness (QED) is 0.849. The predicted molar refractivity (Wildman–Crippen MR) is 83.0 cm³/mol. The Morgan fingerprint density at radius 3 is 2.89 bits per heavy atom. The van der Waals surface area contributed by atoms with Gasteiger partial charge in [-0.25, -0.2) is 0 Å². The van der Waals surface area contributed by atoms with Crippen molar-refractivity contribution in [2.75, 3.05) is 13.2 Å². The zero-order valence-corrected chi connectivity index (χ0v) is 12.9. The Morgan fingerprint density at radius 2 is 2.26 bits per heavy atom. The van der Waals surface area contributed by atoms with Crippen LogP contribution in [0.5, 0.6) is 5.75 Å². The zero-order valence-electron chi connectivity index (χ0n) is 11.3. The summed E-state index contributed by atoms with van der Waals surface area (Å²) in [5.74, 6) is 0.984. The van der Waals surface area contributed by atoms with Crippen molar-refractivity contribution in [3.63, 3.8) is 0 Å². The van der Waals surface area contributed by atoms with Crippen LogP contribution < -0.4 is 10.5 Å². The lowest BCUT2D eigenvalue weighted by Crippen LogP contribution is -2.37. The van der Waals surface area contributed by atoms with Crippen LogP contribution in [-0.4, -0.2) is 29.1 Å². The van der Waals surface area contributed by atoms with Crippen molar-refractivity contribution in [2.24, 2.45) is 5.73 Å². The van der Waals surface area contributed by atoms with Gasteiger partial charge in [-0.2, -0.15) is 0 Å². The number of hydrogen-bond acceptors (Lipinski definition) is 3. The number of hydrogen-bond donors (Lipinski definition) is 1. The summed E-state index contributed by atoms with van der Waals surface area (Å²) in [5, 5.41) is 0.762. The molecule has 1 aromatic carbocycles. The summed E-state index contributed by atoms with van der Waals surface area (Å²) in [4.78, 5) is 2.73. The van der Waals surface area contributed by atoms with Crippen molar-refractivity contribution in [3.05, 3.63) is 28.3 Å². The topological polar surface area (TPSA) is 38.5 Å². The molecule has 2 N–H and O–H groups in total. The summed E-state index contributed by atoms with van der Waals surface area (Å²) in [6.45, 7) is 6.35. The lowest BCUT2D eigenvalue weighted by Gasteiger charge is -2.26. The van der Waals surface area contributed by atoms with Crippen molar-refractivity contribution >= 4 is 28.8 Å². The number of nitrogens with zero attached hydrogens (tertiary/aromatic N) is 1. The summed E-state index contributed by atoms with van der Waals surface area (Å²) in [7, 11) is 0. The molecule has 2 rings (SSSR count). The average Bonchev–Trinajstić information content (AvgIpc) is 2.75. The highest BCUT2D eigenvalue weighted by Gasteiger charge is 2.20. The lowest BCUT2D eigenvalue weighted by atomic mass is 10.1. The minimum atomic E-state index is 0.359. The molecule has 1 aromatic rings. The van der Waals surface area contributed by atoms with E-state index in [0.717, 1.165) is 35.9 Å². The van der Waals surface area contributed by atoms with Crippen LogP contribution >= 0.6 is 23.8 Å². The normalized spacial score (nSPS) is 13.7. The highest BCUT2D eigenvalue weighted by molar-refractivity contribution is 7.80. The molecule has 0 fully saturated rings. The third-order valence-electron chi connectivity index (χ3n) is 3.29. The fourth-order valence-electron chi connectivity index (χ4n) is 2.30. The van der Waals surface area contributed by atoms with E-state index in [0.29, 0.717) is 17.6 Å². The molecule has 5 heteroatoms. The van der Waals surface area contributed by atoms with Crippen LogP contribution in [0.1, 0.15) is 25.0 Å². The number of halogens is 1. The fraction of sp³-hybridized carbons (Fsp3) is 0.500. The molecule has 0 saturated heterocycles. The molecule has 1 aliphatic rings. The maximum Gasteiger partial charge on any atom is 0.127 e. The molecule has 19 heavy (non-hydrogen) atoms. The van der Waals surface area contributed by atoms with Gasteiger partial charge >= 0.3 is 0 Å². The number of fused-ring (bicyclic) bond motifs is 1. The molecule has 0 unspecified atom stereocenters. The Labute approximate surface area is 124 Å². The Balaban J connectivity index is 2.24. The Morgan fingerprint density at radius 1 is 1.53 bits per heavy atom. The van der Waals surface area contributed by atoms with Gasteiger partial charge in [0, 0.05) is 36.1 Å². The number of ether oxygens (including phenoxy) is 1.